The minimum atomic E-state index is -0.130. The van der Waals surface area contributed by atoms with Gasteiger partial charge in [0.2, 0.25) is 0 Å². The van der Waals surface area contributed by atoms with Gasteiger partial charge in [-0.05, 0) is 23.2 Å². The summed E-state index contributed by atoms with van der Waals surface area (Å²) in [5.41, 5.74) is 10.1. The topological polar surface area (TPSA) is 70.4 Å². The number of benzene rings is 1. The van der Waals surface area contributed by atoms with Gasteiger partial charge in [0.25, 0.3) is 0 Å². The first-order chi connectivity index (χ1) is 7.79. The molecule has 5 nitrogen and oxygen atoms in total. The SMILES string of the molecule is [N-]=[N+]=NC[C@H]1CC(c2ccc(Br)cc2)=NO1. The smallest absolute Gasteiger partial charge is 0.138 e. The molecule has 0 unspecified atom stereocenters. The van der Waals surface area contributed by atoms with Gasteiger partial charge in [0, 0.05) is 15.8 Å². The van der Waals surface area contributed by atoms with Crippen LogP contribution in [-0.4, -0.2) is 18.4 Å². The molecule has 0 saturated carbocycles. The maximum atomic E-state index is 8.20. The molecule has 0 radical (unpaired) electrons. The Balaban J connectivity index is 2.02. The molecule has 0 amide bonds. The van der Waals surface area contributed by atoms with Gasteiger partial charge in [0.15, 0.2) is 0 Å². The number of hydrogen-bond donors (Lipinski definition) is 0. The third-order valence-corrected chi connectivity index (χ3v) is 2.79. The van der Waals surface area contributed by atoms with Crippen molar-refractivity contribution in [2.75, 3.05) is 6.54 Å². The second kappa shape index (κ2) is 5.01. The van der Waals surface area contributed by atoms with Crippen molar-refractivity contribution in [1.82, 2.24) is 0 Å². The Bertz CT molecular complexity index is 450. The summed E-state index contributed by atoms with van der Waals surface area (Å²) in [6.07, 6.45) is 0.551. The van der Waals surface area contributed by atoms with Crippen molar-refractivity contribution in [3.05, 3.63) is 44.7 Å². The Morgan fingerprint density at radius 2 is 2.25 bits per heavy atom. The van der Waals surface area contributed by atoms with Gasteiger partial charge in [-0.1, -0.05) is 38.3 Å². The predicted octanol–water partition coefficient (Wildman–Crippen LogP) is 3.25. The maximum Gasteiger partial charge on any atom is 0.138 e. The van der Waals surface area contributed by atoms with Crippen molar-refractivity contribution in [2.24, 2.45) is 10.3 Å². The zero-order valence-electron chi connectivity index (χ0n) is 8.38. The Hall–Kier alpha value is -1.52. The van der Waals surface area contributed by atoms with Crippen molar-refractivity contribution >= 4 is 21.6 Å². The molecule has 0 aliphatic carbocycles. The van der Waals surface area contributed by atoms with E-state index in [0.29, 0.717) is 13.0 Å². The quantitative estimate of drug-likeness (QED) is 0.476. The Kier molecular flexibility index (Phi) is 3.44. The molecule has 0 bridgehead atoms. The molecule has 0 saturated heterocycles. The van der Waals surface area contributed by atoms with Crippen LogP contribution in [0.25, 0.3) is 10.4 Å². The largest absolute Gasteiger partial charge is 0.392 e. The number of hydrogen-bond acceptors (Lipinski definition) is 3. The molecule has 6 heteroatoms. The molecule has 16 heavy (non-hydrogen) atoms. The Labute approximate surface area is 101 Å². The summed E-state index contributed by atoms with van der Waals surface area (Å²) in [5.74, 6) is 0. The average Bonchev–Trinajstić information content (AvgIpc) is 2.76. The first-order valence-electron chi connectivity index (χ1n) is 4.79. The van der Waals surface area contributed by atoms with E-state index in [4.69, 9.17) is 10.4 Å². The molecule has 1 heterocycles. The highest BCUT2D eigenvalue weighted by Gasteiger charge is 2.21. The summed E-state index contributed by atoms with van der Waals surface area (Å²) in [6.45, 7) is 0.319. The average molecular weight is 281 g/mol. The van der Waals surface area contributed by atoms with Crippen molar-refractivity contribution < 1.29 is 4.84 Å². The molecule has 1 atom stereocenters. The lowest BCUT2D eigenvalue weighted by Gasteiger charge is -2.02. The van der Waals surface area contributed by atoms with Crippen LogP contribution >= 0.6 is 15.9 Å². The third kappa shape index (κ3) is 2.53. The molecule has 0 spiro atoms. The van der Waals surface area contributed by atoms with Gasteiger partial charge in [0.1, 0.15) is 6.10 Å². The first kappa shape index (κ1) is 11.0. The van der Waals surface area contributed by atoms with Gasteiger partial charge in [-0.2, -0.15) is 0 Å². The maximum absolute atomic E-state index is 8.20. The summed E-state index contributed by atoms with van der Waals surface area (Å²) in [6, 6.07) is 7.86. The van der Waals surface area contributed by atoms with Crippen LogP contribution in [0.15, 0.2) is 39.0 Å². The van der Waals surface area contributed by atoms with Gasteiger partial charge in [-0.3, -0.25) is 0 Å². The zero-order valence-corrected chi connectivity index (χ0v) is 9.96. The van der Waals surface area contributed by atoms with Crippen LogP contribution in [0, 0.1) is 0 Å². The lowest BCUT2D eigenvalue weighted by molar-refractivity contribution is 0.0919. The number of nitrogens with zero attached hydrogens (tertiary/aromatic N) is 4. The van der Waals surface area contributed by atoms with E-state index in [2.05, 4.69) is 31.1 Å². The second-order valence-electron chi connectivity index (χ2n) is 3.39. The summed E-state index contributed by atoms with van der Waals surface area (Å²) in [5, 5.41) is 7.46. The minimum Gasteiger partial charge on any atom is -0.392 e. The lowest BCUT2D eigenvalue weighted by Crippen LogP contribution is -2.11. The van der Waals surface area contributed by atoms with Crippen LogP contribution in [0.4, 0.5) is 0 Å². The predicted molar refractivity (Wildman–Crippen MR) is 64.2 cm³/mol. The van der Waals surface area contributed by atoms with Crippen molar-refractivity contribution in [2.45, 2.75) is 12.5 Å². The summed E-state index contributed by atoms with van der Waals surface area (Å²) in [7, 11) is 0. The zero-order chi connectivity index (χ0) is 11.4. The molecule has 0 aromatic heterocycles. The number of rotatable bonds is 3. The van der Waals surface area contributed by atoms with Crippen molar-refractivity contribution in [3.8, 4) is 0 Å². The Morgan fingerprint density at radius 1 is 1.50 bits per heavy atom. The number of oxime groups is 1. The van der Waals surface area contributed by atoms with E-state index in [0.717, 1.165) is 15.7 Å². The van der Waals surface area contributed by atoms with Crippen LogP contribution in [-0.2, 0) is 4.84 Å². The lowest BCUT2D eigenvalue weighted by atomic mass is 10.1. The molecule has 1 aromatic carbocycles. The minimum absolute atomic E-state index is 0.130. The van der Waals surface area contributed by atoms with E-state index in [1.54, 1.807) is 0 Å². The van der Waals surface area contributed by atoms with Crippen LogP contribution in [0.5, 0.6) is 0 Å². The van der Waals surface area contributed by atoms with Crippen LogP contribution in [0.1, 0.15) is 12.0 Å². The van der Waals surface area contributed by atoms with Crippen LogP contribution in [0.3, 0.4) is 0 Å². The highest BCUT2D eigenvalue weighted by Crippen LogP contribution is 2.18. The normalized spacial score (nSPS) is 18.6. The standard InChI is InChI=1S/C10H9BrN4O/c11-8-3-1-7(2-4-8)10-5-9(16-14-10)6-13-15-12/h1-4,9H,5-6H2/t9-/m1/s1. The molecular formula is C10H9BrN4O. The fraction of sp³-hybridized carbons (Fsp3) is 0.300. The fourth-order valence-corrected chi connectivity index (χ4v) is 1.73. The Morgan fingerprint density at radius 3 is 2.94 bits per heavy atom. The first-order valence-corrected chi connectivity index (χ1v) is 5.58. The van der Waals surface area contributed by atoms with Gasteiger partial charge < -0.3 is 4.84 Å². The summed E-state index contributed by atoms with van der Waals surface area (Å²) in [4.78, 5) is 7.86. The number of halogens is 1. The second-order valence-corrected chi connectivity index (χ2v) is 4.31. The number of azide groups is 1. The van der Waals surface area contributed by atoms with Crippen molar-refractivity contribution in [1.29, 1.82) is 0 Å². The van der Waals surface area contributed by atoms with E-state index in [-0.39, 0.29) is 6.10 Å². The molecule has 1 aromatic rings. The monoisotopic (exact) mass is 280 g/mol. The van der Waals surface area contributed by atoms with Gasteiger partial charge >= 0.3 is 0 Å². The molecule has 0 N–H and O–H groups in total. The van der Waals surface area contributed by atoms with Crippen molar-refractivity contribution in [3.63, 3.8) is 0 Å². The van der Waals surface area contributed by atoms with E-state index in [1.165, 1.54) is 0 Å². The van der Waals surface area contributed by atoms with Gasteiger partial charge in [0.05, 0.1) is 12.3 Å². The molecule has 1 aliphatic heterocycles. The van der Waals surface area contributed by atoms with E-state index in [1.807, 2.05) is 24.3 Å². The molecular weight excluding hydrogens is 272 g/mol. The third-order valence-electron chi connectivity index (χ3n) is 2.26. The van der Waals surface area contributed by atoms with E-state index < -0.39 is 0 Å². The van der Waals surface area contributed by atoms with E-state index >= 15 is 0 Å². The van der Waals surface area contributed by atoms with Gasteiger partial charge in [-0.15, -0.1) is 0 Å². The van der Waals surface area contributed by atoms with Crippen LogP contribution < -0.4 is 0 Å². The fourth-order valence-electron chi connectivity index (χ4n) is 1.47. The summed E-state index contributed by atoms with van der Waals surface area (Å²) >= 11 is 3.37. The van der Waals surface area contributed by atoms with E-state index in [9.17, 15) is 0 Å². The molecule has 2 rings (SSSR count). The highest BCUT2D eigenvalue weighted by molar-refractivity contribution is 9.10. The molecule has 1 aliphatic rings. The molecule has 0 fully saturated rings. The van der Waals surface area contributed by atoms with Crippen LogP contribution in [0.2, 0.25) is 0 Å². The summed E-state index contributed by atoms with van der Waals surface area (Å²) < 4.78 is 1.03. The molecule has 82 valence electrons. The van der Waals surface area contributed by atoms with Gasteiger partial charge in [-0.25, -0.2) is 0 Å². The highest BCUT2D eigenvalue weighted by atomic mass is 79.9.